The van der Waals surface area contributed by atoms with E-state index in [0.717, 1.165) is 0 Å². The SMILES string of the molecule is Cc1cc(C(=O)OCC(=O)Nc2ccc(Cl)cc2)on1. The fourth-order valence-corrected chi connectivity index (χ4v) is 1.52. The van der Waals surface area contributed by atoms with Gasteiger partial charge in [0.05, 0.1) is 5.69 Å². The van der Waals surface area contributed by atoms with Gasteiger partial charge in [0.2, 0.25) is 5.76 Å². The number of rotatable bonds is 4. The van der Waals surface area contributed by atoms with Crippen LogP contribution in [-0.4, -0.2) is 23.6 Å². The highest BCUT2D eigenvalue weighted by molar-refractivity contribution is 6.30. The Balaban J connectivity index is 1.83. The lowest BCUT2D eigenvalue weighted by Gasteiger charge is -2.05. The Morgan fingerprint density at radius 1 is 1.35 bits per heavy atom. The molecule has 0 aliphatic rings. The van der Waals surface area contributed by atoms with Gasteiger partial charge in [-0.2, -0.15) is 0 Å². The number of aryl methyl sites for hydroxylation is 1. The van der Waals surface area contributed by atoms with Gasteiger partial charge in [0.1, 0.15) is 0 Å². The van der Waals surface area contributed by atoms with Gasteiger partial charge in [0.15, 0.2) is 6.61 Å². The van der Waals surface area contributed by atoms with Crippen molar-refractivity contribution in [1.82, 2.24) is 5.16 Å². The zero-order valence-electron chi connectivity index (χ0n) is 10.6. The molecule has 2 rings (SSSR count). The molecule has 0 aliphatic heterocycles. The van der Waals surface area contributed by atoms with Crippen LogP contribution in [0.15, 0.2) is 34.9 Å². The van der Waals surface area contributed by atoms with Gasteiger partial charge in [-0.25, -0.2) is 4.79 Å². The van der Waals surface area contributed by atoms with Crippen molar-refractivity contribution in [2.75, 3.05) is 11.9 Å². The molecular formula is C13H11ClN2O4. The summed E-state index contributed by atoms with van der Waals surface area (Å²) in [4.78, 5) is 23.1. The van der Waals surface area contributed by atoms with Gasteiger partial charge >= 0.3 is 5.97 Å². The first-order valence-electron chi connectivity index (χ1n) is 5.70. The molecule has 1 aromatic carbocycles. The second-order valence-corrected chi connectivity index (χ2v) is 4.40. The van der Waals surface area contributed by atoms with E-state index in [1.807, 2.05) is 0 Å². The number of hydrogen-bond donors (Lipinski definition) is 1. The fraction of sp³-hybridized carbons (Fsp3) is 0.154. The first kappa shape index (κ1) is 14.1. The maximum Gasteiger partial charge on any atom is 0.377 e. The molecule has 104 valence electrons. The van der Waals surface area contributed by atoms with Crippen LogP contribution in [0.1, 0.15) is 16.2 Å². The highest BCUT2D eigenvalue weighted by Crippen LogP contribution is 2.13. The molecule has 0 aliphatic carbocycles. The third-order valence-corrected chi connectivity index (χ3v) is 2.54. The molecule has 0 spiro atoms. The van der Waals surface area contributed by atoms with Crippen LogP contribution in [0.3, 0.4) is 0 Å². The standard InChI is InChI=1S/C13H11ClN2O4/c1-8-6-11(20-16-8)13(18)19-7-12(17)15-10-4-2-9(14)3-5-10/h2-6H,7H2,1H3,(H,15,17). The molecule has 0 unspecified atom stereocenters. The number of benzene rings is 1. The summed E-state index contributed by atoms with van der Waals surface area (Å²) < 4.78 is 9.51. The third-order valence-electron chi connectivity index (χ3n) is 2.29. The van der Waals surface area contributed by atoms with Crippen LogP contribution in [0, 0.1) is 6.92 Å². The molecular weight excluding hydrogens is 284 g/mol. The predicted molar refractivity (Wildman–Crippen MR) is 71.6 cm³/mol. The summed E-state index contributed by atoms with van der Waals surface area (Å²) in [5.74, 6) is -1.24. The molecule has 2 aromatic rings. The summed E-state index contributed by atoms with van der Waals surface area (Å²) in [6, 6.07) is 7.99. The molecule has 20 heavy (non-hydrogen) atoms. The second-order valence-electron chi connectivity index (χ2n) is 3.96. The molecule has 6 nitrogen and oxygen atoms in total. The van der Waals surface area contributed by atoms with Crippen molar-refractivity contribution in [3.8, 4) is 0 Å². The second kappa shape index (κ2) is 6.21. The van der Waals surface area contributed by atoms with Crippen LogP contribution in [0.5, 0.6) is 0 Å². The molecule has 0 fully saturated rings. The van der Waals surface area contributed by atoms with Crippen LogP contribution < -0.4 is 5.32 Å². The van der Waals surface area contributed by atoms with Crippen molar-refractivity contribution in [2.45, 2.75) is 6.92 Å². The van der Waals surface area contributed by atoms with E-state index < -0.39 is 18.5 Å². The number of hydrogen-bond acceptors (Lipinski definition) is 5. The van der Waals surface area contributed by atoms with Crippen LogP contribution >= 0.6 is 11.6 Å². The van der Waals surface area contributed by atoms with Gasteiger partial charge < -0.3 is 14.6 Å². The molecule has 1 heterocycles. The molecule has 1 aromatic heterocycles. The molecule has 0 saturated heterocycles. The van der Waals surface area contributed by atoms with Gasteiger partial charge in [-0.1, -0.05) is 16.8 Å². The summed E-state index contributed by atoms with van der Waals surface area (Å²) in [5, 5.41) is 6.68. The van der Waals surface area contributed by atoms with Crippen molar-refractivity contribution >= 4 is 29.2 Å². The van der Waals surface area contributed by atoms with Gasteiger partial charge in [0, 0.05) is 16.8 Å². The number of nitrogens with zero attached hydrogens (tertiary/aromatic N) is 1. The predicted octanol–water partition coefficient (Wildman–Crippen LogP) is 2.43. The largest absolute Gasteiger partial charge is 0.450 e. The normalized spacial score (nSPS) is 10.1. The van der Waals surface area contributed by atoms with E-state index in [0.29, 0.717) is 16.4 Å². The molecule has 0 bridgehead atoms. The highest BCUT2D eigenvalue weighted by atomic mass is 35.5. The van der Waals surface area contributed by atoms with E-state index in [9.17, 15) is 9.59 Å². The highest BCUT2D eigenvalue weighted by Gasteiger charge is 2.14. The Hall–Kier alpha value is -2.34. The number of ether oxygens (including phenoxy) is 1. The Bertz CT molecular complexity index is 622. The number of carbonyl (C=O) groups excluding carboxylic acids is 2. The summed E-state index contributed by atoms with van der Waals surface area (Å²) in [6.45, 7) is 1.26. The Labute approximate surface area is 119 Å². The van der Waals surface area contributed by atoms with Crippen LogP contribution in [-0.2, 0) is 9.53 Å². The van der Waals surface area contributed by atoms with Crippen LogP contribution in [0.25, 0.3) is 0 Å². The van der Waals surface area contributed by atoms with Crippen LogP contribution in [0.2, 0.25) is 5.02 Å². The Kier molecular flexibility index (Phi) is 4.37. The molecule has 1 N–H and O–H groups in total. The monoisotopic (exact) mass is 294 g/mol. The lowest BCUT2D eigenvalue weighted by molar-refractivity contribution is -0.119. The molecule has 0 radical (unpaired) electrons. The number of anilines is 1. The lowest BCUT2D eigenvalue weighted by atomic mass is 10.3. The minimum Gasteiger partial charge on any atom is -0.450 e. The van der Waals surface area contributed by atoms with Crippen molar-refractivity contribution in [3.63, 3.8) is 0 Å². The van der Waals surface area contributed by atoms with E-state index in [1.54, 1.807) is 31.2 Å². The summed E-state index contributed by atoms with van der Waals surface area (Å²) >= 11 is 5.72. The average Bonchev–Trinajstić information content (AvgIpc) is 2.85. The smallest absolute Gasteiger partial charge is 0.377 e. The minimum absolute atomic E-state index is 0.0400. The quantitative estimate of drug-likeness (QED) is 0.876. The van der Waals surface area contributed by atoms with Crippen LogP contribution in [0.4, 0.5) is 5.69 Å². The molecule has 7 heteroatoms. The van der Waals surface area contributed by atoms with Gasteiger partial charge in [0.25, 0.3) is 5.91 Å². The number of aromatic nitrogens is 1. The molecule has 0 saturated carbocycles. The van der Waals surface area contributed by atoms with Crippen molar-refractivity contribution < 1.29 is 18.8 Å². The van der Waals surface area contributed by atoms with Crippen molar-refractivity contribution in [2.24, 2.45) is 0 Å². The summed E-state index contributed by atoms with van der Waals surface area (Å²) in [7, 11) is 0. The minimum atomic E-state index is -0.739. The first-order valence-corrected chi connectivity index (χ1v) is 6.08. The molecule has 0 atom stereocenters. The van der Waals surface area contributed by atoms with Gasteiger partial charge in [-0.3, -0.25) is 4.79 Å². The zero-order chi connectivity index (χ0) is 14.5. The zero-order valence-corrected chi connectivity index (χ0v) is 11.3. The number of nitrogens with one attached hydrogen (secondary N) is 1. The van der Waals surface area contributed by atoms with E-state index in [1.165, 1.54) is 6.07 Å². The van der Waals surface area contributed by atoms with Gasteiger partial charge in [-0.15, -0.1) is 0 Å². The number of carbonyl (C=O) groups is 2. The topological polar surface area (TPSA) is 81.4 Å². The van der Waals surface area contributed by atoms with E-state index >= 15 is 0 Å². The summed E-state index contributed by atoms with van der Waals surface area (Å²) in [5.41, 5.74) is 1.12. The number of esters is 1. The average molecular weight is 295 g/mol. The Morgan fingerprint density at radius 2 is 2.05 bits per heavy atom. The maximum atomic E-state index is 11.6. The van der Waals surface area contributed by atoms with Crippen molar-refractivity contribution in [3.05, 3.63) is 46.8 Å². The van der Waals surface area contributed by atoms with E-state index in [4.69, 9.17) is 20.9 Å². The maximum absolute atomic E-state index is 11.6. The lowest BCUT2D eigenvalue weighted by Crippen LogP contribution is -2.20. The van der Waals surface area contributed by atoms with Gasteiger partial charge in [-0.05, 0) is 31.2 Å². The third kappa shape index (κ3) is 3.83. The molecule has 1 amide bonds. The van der Waals surface area contributed by atoms with Crippen molar-refractivity contribution in [1.29, 1.82) is 0 Å². The number of halogens is 1. The van der Waals surface area contributed by atoms with E-state index in [2.05, 4.69) is 10.5 Å². The fourth-order valence-electron chi connectivity index (χ4n) is 1.39. The van der Waals surface area contributed by atoms with E-state index in [-0.39, 0.29) is 5.76 Å². The number of amides is 1. The first-order chi connectivity index (χ1) is 9.54. The summed E-state index contributed by atoms with van der Waals surface area (Å²) in [6.07, 6.45) is 0. The Morgan fingerprint density at radius 3 is 2.65 bits per heavy atom.